The van der Waals surface area contributed by atoms with Crippen molar-refractivity contribution in [3.63, 3.8) is 0 Å². The predicted molar refractivity (Wildman–Crippen MR) is 86.7 cm³/mol. The van der Waals surface area contributed by atoms with Crippen LogP contribution in [0.3, 0.4) is 0 Å². The standard InChI is InChI=1S/C17H26N2O3/c1-10(2)16(19-13(5)20)17(21)18-12(4)14-9-11(3)7-8-15(14)22-6/h7-10,12,16H,1-6H3,(H,18,21)(H,19,20). The number of benzene rings is 1. The average Bonchev–Trinajstić information content (AvgIpc) is 2.43. The second-order valence-corrected chi connectivity index (χ2v) is 5.90. The zero-order valence-corrected chi connectivity index (χ0v) is 14.2. The van der Waals surface area contributed by atoms with Crippen LogP contribution < -0.4 is 15.4 Å². The van der Waals surface area contributed by atoms with Crippen LogP contribution in [0, 0.1) is 12.8 Å². The SMILES string of the molecule is COc1ccc(C)cc1C(C)NC(=O)C(NC(C)=O)C(C)C. The highest BCUT2D eigenvalue weighted by atomic mass is 16.5. The van der Waals surface area contributed by atoms with Gasteiger partial charge in [-0.05, 0) is 25.8 Å². The maximum absolute atomic E-state index is 12.4. The van der Waals surface area contributed by atoms with Crippen molar-refractivity contribution in [2.24, 2.45) is 5.92 Å². The summed E-state index contributed by atoms with van der Waals surface area (Å²) in [5.74, 6) is 0.338. The highest BCUT2D eigenvalue weighted by molar-refractivity contribution is 5.87. The Morgan fingerprint density at radius 3 is 2.27 bits per heavy atom. The van der Waals surface area contributed by atoms with Gasteiger partial charge in [-0.1, -0.05) is 31.5 Å². The molecule has 122 valence electrons. The van der Waals surface area contributed by atoms with Crippen molar-refractivity contribution < 1.29 is 14.3 Å². The molecule has 2 N–H and O–H groups in total. The van der Waals surface area contributed by atoms with E-state index in [1.807, 2.05) is 45.9 Å². The first-order valence-corrected chi connectivity index (χ1v) is 7.48. The van der Waals surface area contributed by atoms with Gasteiger partial charge in [-0.3, -0.25) is 9.59 Å². The monoisotopic (exact) mass is 306 g/mol. The van der Waals surface area contributed by atoms with E-state index in [1.165, 1.54) is 6.92 Å². The van der Waals surface area contributed by atoms with Gasteiger partial charge in [-0.2, -0.15) is 0 Å². The number of carbonyl (C=O) groups excluding carboxylic acids is 2. The topological polar surface area (TPSA) is 67.4 Å². The first-order valence-electron chi connectivity index (χ1n) is 7.48. The molecule has 0 heterocycles. The molecule has 0 saturated carbocycles. The lowest BCUT2D eigenvalue weighted by atomic mass is 10.0. The van der Waals surface area contributed by atoms with Crippen molar-refractivity contribution in [3.8, 4) is 5.75 Å². The van der Waals surface area contributed by atoms with Crippen LogP contribution in [0.5, 0.6) is 5.75 Å². The molecule has 0 aromatic heterocycles. The van der Waals surface area contributed by atoms with Crippen molar-refractivity contribution >= 4 is 11.8 Å². The Kier molecular flexibility index (Phi) is 6.40. The van der Waals surface area contributed by atoms with E-state index in [0.29, 0.717) is 0 Å². The van der Waals surface area contributed by atoms with E-state index in [0.717, 1.165) is 16.9 Å². The molecule has 2 amide bonds. The number of hydrogen-bond acceptors (Lipinski definition) is 3. The van der Waals surface area contributed by atoms with Crippen molar-refractivity contribution in [2.75, 3.05) is 7.11 Å². The normalized spacial score (nSPS) is 13.4. The molecule has 5 nitrogen and oxygen atoms in total. The Morgan fingerprint density at radius 2 is 1.77 bits per heavy atom. The number of amides is 2. The van der Waals surface area contributed by atoms with E-state index < -0.39 is 6.04 Å². The van der Waals surface area contributed by atoms with E-state index in [9.17, 15) is 9.59 Å². The van der Waals surface area contributed by atoms with Gasteiger partial charge in [-0.25, -0.2) is 0 Å². The molecule has 2 atom stereocenters. The van der Waals surface area contributed by atoms with Crippen LogP contribution in [0.25, 0.3) is 0 Å². The van der Waals surface area contributed by atoms with Gasteiger partial charge >= 0.3 is 0 Å². The van der Waals surface area contributed by atoms with Gasteiger partial charge in [-0.15, -0.1) is 0 Å². The fourth-order valence-electron chi connectivity index (χ4n) is 2.33. The zero-order chi connectivity index (χ0) is 16.9. The molecule has 1 aromatic carbocycles. The third-order valence-corrected chi connectivity index (χ3v) is 3.52. The predicted octanol–water partition coefficient (Wildman–Crippen LogP) is 2.34. The Labute approximate surface area is 132 Å². The summed E-state index contributed by atoms with van der Waals surface area (Å²) in [7, 11) is 1.61. The second-order valence-electron chi connectivity index (χ2n) is 5.90. The first kappa shape index (κ1) is 18.0. The number of hydrogen-bond donors (Lipinski definition) is 2. The molecule has 1 aromatic rings. The number of rotatable bonds is 6. The van der Waals surface area contributed by atoms with Gasteiger partial charge < -0.3 is 15.4 Å². The fraction of sp³-hybridized carbons (Fsp3) is 0.529. The van der Waals surface area contributed by atoms with Gasteiger partial charge in [0.2, 0.25) is 11.8 Å². The van der Waals surface area contributed by atoms with E-state index in [-0.39, 0.29) is 23.8 Å². The molecule has 0 radical (unpaired) electrons. The zero-order valence-electron chi connectivity index (χ0n) is 14.2. The van der Waals surface area contributed by atoms with Crippen LogP contribution in [0.1, 0.15) is 44.9 Å². The van der Waals surface area contributed by atoms with Gasteiger partial charge in [0.15, 0.2) is 0 Å². The average molecular weight is 306 g/mol. The summed E-state index contributed by atoms with van der Waals surface area (Å²) in [4.78, 5) is 23.7. The quantitative estimate of drug-likeness (QED) is 0.847. The number of methoxy groups -OCH3 is 1. The Morgan fingerprint density at radius 1 is 1.14 bits per heavy atom. The first-order chi connectivity index (χ1) is 10.3. The van der Waals surface area contributed by atoms with Crippen molar-refractivity contribution in [1.29, 1.82) is 0 Å². The molecule has 22 heavy (non-hydrogen) atoms. The summed E-state index contributed by atoms with van der Waals surface area (Å²) in [5, 5.41) is 5.64. The lowest BCUT2D eigenvalue weighted by Crippen LogP contribution is -2.49. The van der Waals surface area contributed by atoms with E-state index in [2.05, 4.69) is 10.6 Å². The molecule has 0 bridgehead atoms. The molecule has 0 aliphatic heterocycles. The Balaban J connectivity index is 2.90. The van der Waals surface area contributed by atoms with Crippen molar-refractivity contribution in [1.82, 2.24) is 10.6 Å². The molecule has 0 spiro atoms. The molecule has 5 heteroatoms. The van der Waals surface area contributed by atoms with Gasteiger partial charge in [0, 0.05) is 12.5 Å². The van der Waals surface area contributed by atoms with Gasteiger partial charge in [0.05, 0.1) is 13.2 Å². The number of nitrogens with one attached hydrogen (secondary N) is 2. The van der Waals surface area contributed by atoms with E-state index in [4.69, 9.17) is 4.74 Å². The van der Waals surface area contributed by atoms with Crippen molar-refractivity contribution in [2.45, 2.75) is 46.7 Å². The Bertz CT molecular complexity index is 541. The Hall–Kier alpha value is -2.04. The lowest BCUT2D eigenvalue weighted by Gasteiger charge is -2.24. The summed E-state index contributed by atoms with van der Waals surface area (Å²) < 4.78 is 5.35. The van der Waals surface area contributed by atoms with Crippen LogP contribution >= 0.6 is 0 Å². The smallest absolute Gasteiger partial charge is 0.243 e. The molecular formula is C17H26N2O3. The van der Waals surface area contributed by atoms with E-state index in [1.54, 1.807) is 7.11 Å². The summed E-state index contributed by atoms with van der Waals surface area (Å²) in [6.45, 7) is 9.11. The number of aryl methyl sites for hydroxylation is 1. The van der Waals surface area contributed by atoms with Crippen molar-refractivity contribution in [3.05, 3.63) is 29.3 Å². The summed E-state index contributed by atoms with van der Waals surface area (Å²) in [6, 6.07) is 5.09. The molecule has 0 aliphatic rings. The highest BCUT2D eigenvalue weighted by Crippen LogP contribution is 2.26. The minimum atomic E-state index is -0.546. The second kappa shape index (κ2) is 7.82. The van der Waals surface area contributed by atoms with Crippen LogP contribution in [0.2, 0.25) is 0 Å². The largest absolute Gasteiger partial charge is 0.496 e. The molecular weight excluding hydrogens is 280 g/mol. The van der Waals surface area contributed by atoms with Gasteiger partial charge in [0.1, 0.15) is 11.8 Å². The molecule has 0 aliphatic carbocycles. The summed E-state index contributed by atoms with van der Waals surface area (Å²) in [5.41, 5.74) is 2.01. The van der Waals surface area contributed by atoms with Crippen LogP contribution in [-0.4, -0.2) is 25.0 Å². The maximum atomic E-state index is 12.4. The highest BCUT2D eigenvalue weighted by Gasteiger charge is 2.25. The minimum absolute atomic E-state index is 0.00973. The lowest BCUT2D eigenvalue weighted by molar-refractivity contribution is -0.129. The van der Waals surface area contributed by atoms with Crippen LogP contribution in [0.4, 0.5) is 0 Å². The number of carbonyl (C=O) groups is 2. The number of ether oxygens (including phenoxy) is 1. The van der Waals surface area contributed by atoms with E-state index >= 15 is 0 Å². The summed E-state index contributed by atoms with van der Waals surface area (Å²) >= 11 is 0. The summed E-state index contributed by atoms with van der Waals surface area (Å²) in [6.07, 6.45) is 0. The molecule has 1 rings (SSSR count). The van der Waals surface area contributed by atoms with Crippen LogP contribution in [-0.2, 0) is 9.59 Å². The van der Waals surface area contributed by atoms with Crippen LogP contribution in [0.15, 0.2) is 18.2 Å². The molecule has 0 saturated heterocycles. The fourth-order valence-corrected chi connectivity index (χ4v) is 2.33. The maximum Gasteiger partial charge on any atom is 0.243 e. The molecule has 2 unspecified atom stereocenters. The molecule has 0 fully saturated rings. The minimum Gasteiger partial charge on any atom is -0.496 e. The van der Waals surface area contributed by atoms with Gasteiger partial charge in [0.25, 0.3) is 0 Å². The third-order valence-electron chi connectivity index (χ3n) is 3.52. The third kappa shape index (κ3) is 4.76.